The van der Waals surface area contributed by atoms with E-state index in [1.54, 1.807) is 12.4 Å². The van der Waals surface area contributed by atoms with Crippen LogP contribution in [0, 0.1) is 0 Å². The van der Waals surface area contributed by atoms with Crippen LogP contribution >= 0.6 is 0 Å². The van der Waals surface area contributed by atoms with Gasteiger partial charge in [-0.2, -0.15) is 0 Å². The highest BCUT2D eigenvalue weighted by Crippen LogP contribution is 2.40. The van der Waals surface area contributed by atoms with Gasteiger partial charge in [-0.1, -0.05) is 30.7 Å². The molecule has 4 rings (SSSR count). The van der Waals surface area contributed by atoms with Crippen molar-refractivity contribution in [1.82, 2.24) is 9.88 Å². The largest absolute Gasteiger partial charge is 0.320 e. The van der Waals surface area contributed by atoms with Crippen molar-refractivity contribution in [2.75, 3.05) is 6.54 Å². The van der Waals surface area contributed by atoms with E-state index in [1.165, 1.54) is 49.8 Å². The number of fused-ring (bicyclic) bond motifs is 1. The van der Waals surface area contributed by atoms with Crippen molar-refractivity contribution < 1.29 is 0 Å². The number of nitrogens with two attached hydrogens (primary N) is 1. The molecule has 3 nitrogen and oxygen atoms in total. The van der Waals surface area contributed by atoms with Crippen LogP contribution in [0.15, 0.2) is 48.8 Å². The number of benzene rings is 1. The van der Waals surface area contributed by atoms with E-state index in [9.17, 15) is 0 Å². The van der Waals surface area contributed by atoms with Gasteiger partial charge in [-0.3, -0.25) is 9.88 Å². The zero-order valence-corrected chi connectivity index (χ0v) is 13.6. The Morgan fingerprint density at radius 1 is 0.913 bits per heavy atom. The minimum absolute atomic E-state index is 0.0710. The molecule has 1 aromatic heterocycles. The van der Waals surface area contributed by atoms with Gasteiger partial charge >= 0.3 is 0 Å². The molecule has 0 spiro atoms. The van der Waals surface area contributed by atoms with Crippen molar-refractivity contribution in [1.29, 1.82) is 0 Å². The standard InChI is InChI=1S/C20H25N3/c21-20(17-10-12-22-13-11-17)16-6-4-15(5-7-16)19-9-8-18-3-1-2-14-23(18)19/h4-7,10-13,18-20H,1-3,8-9,14,21H2. The topological polar surface area (TPSA) is 42.1 Å². The second-order valence-electron chi connectivity index (χ2n) is 6.91. The lowest BCUT2D eigenvalue weighted by Crippen LogP contribution is -2.35. The summed E-state index contributed by atoms with van der Waals surface area (Å²) in [4.78, 5) is 6.80. The monoisotopic (exact) mass is 307 g/mol. The molecule has 2 saturated heterocycles. The molecule has 0 radical (unpaired) electrons. The molecule has 3 atom stereocenters. The summed E-state index contributed by atoms with van der Waals surface area (Å²) in [6.07, 6.45) is 10.4. The number of aromatic nitrogens is 1. The maximum Gasteiger partial charge on any atom is 0.0552 e. The fourth-order valence-electron chi connectivity index (χ4n) is 4.31. The minimum Gasteiger partial charge on any atom is -0.320 e. The maximum atomic E-state index is 6.39. The second-order valence-corrected chi connectivity index (χ2v) is 6.91. The summed E-state index contributed by atoms with van der Waals surface area (Å²) in [5.41, 5.74) is 10.1. The smallest absolute Gasteiger partial charge is 0.0552 e. The molecule has 0 amide bonds. The molecular formula is C20H25N3. The third kappa shape index (κ3) is 2.91. The summed E-state index contributed by atoms with van der Waals surface area (Å²) >= 11 is 0. The third-order valence-corrected chi connectivity index (χ3v) is 5.59. The first-order chi connectivity index (χ1) is 11.3. The predicted molar refractivity (Wildman–Crippen MR) is 93.0 cm³/mol. The van der Waals surface area contributed by atoms with Crippen LogP contribution in [0.1, 0.15) is 60.9 Å². The van der Waals surface area contributed by atoms with Crippen LogP contribution in [0.25, 0.3) is 0 Å². The van der Waals surface area contributed by atoms with Gasteiger partial charge in [-0.05, 0) is 61.1 Å². The molecule has 2 N–H and O–H groups in total. The van der Waals surface area contributed by atoms with E-state index < -0.39 is 0 Å². The Labute approximate surface area is 138 Å². The molecule has 3 unspecified atom stereocenters. The normalized spacial score (nSPS) is 26.0. The SMILES string of the molecule is NC(c1ccncc1)c1ccc(C2CCC3CCCCN32)cc1. The zero-order valence-electron chi connectivity index (χ0n) is 13.6. The quantitative estimate of drug-likeness (QED) is 0.937. The van der Waals surface area contributed by atoms with E-state index in [4.69, 9.17) is 5.73 Å². The number of piperidine rings is 1. The lowest BCUT2D eigenvalue weighted by Gasteiger charge is -2.34. The lowest BCUT2D eigenvalue weighted by molar-refractivity contribution is 0.150. The van der Waals surface area contributed by atoms with Crippen LogP contribution < -0.4 is 5.73 Å². The maximum absolute atomic E-state index is 6.39. The van der Waals surface area contributed by atoms with E-state index >= 15 is 0 Å². The zero-order chi connectivity index (χ0) is 15.6. The van der Waals surface area contributed by atoms with Crippen molar-refractivity contribution >= 4 is 0 Å². The lowest BCUT2D eigenvalue weighted by atomic mass is 9.97. The van der Waals surface area contributed by atoms with Gasteiger partial charge in [0.2, 0.25) is 0 Å². The Hall–Kier alpha value is -1.71. The third-order valence-electron chi connectivity index (χ3n) is 5.59. The predicted octanol–water partition coefficient (Wildman–Crippen LogP) is 3.82. The first kappa shape index (κ1) is 14.9. The number of nitrogens with zero attached hydrogens (tertiary/aromatic N) is 2. The van der Waals surface area contributed by atoms with Crippen molar-refractivity contribution in [2.45, 2.75) is 50.2 Å². The second kappa shape index (κ2) is 6.42. The molecule has 0 bridgehead atoms. The number of hydrogen-bond donors (Lipinski definition) is 1. The minimum atomic E-state index is -0.0710. The Bertz CT molecular complexity index is 638. The van der Waals surface area contributed by atoms with Gasteiger partial charge in [-0.25, -0.2) is 0 Å². The van der Waals surface area contributed by atoms with Gasteiger partial charge < -0.3 is 5.73 Å². The van der Waals surface area contributed by atoms with E-state index in [-0.39, 0.29) is 6.04 Å². The van der Waals surface area contributed by atoms with E-state index in [2.05, 4.69) is 34.1 Å². The average Bonchev–Trinajstić information content (AvgIpc) is 3.06. The van der Waals surface area contributed by atoms with Crippen LogP contribution in [-0.4, -0.2) is 22.5 Å². The fourth-order valence-corrected chi connectivity index (χ4v) is 4.31. The summed E-state index contributed by atoms with van der Waals surface area (Å²) in [7, 11) is 0. The fraction of sp³-hybridized carbons (Fsp3) is 0.450. The van der Waals surface area contributed by atoms with Crippen LogP contribution in [0.3, 0.4) is 0 Å². The van der Waals surface area contributed by atoms with Gasteiger partial charge in [-0.15, -0.1) is 0 Å². The van der Waals surface area contributed by atoms with Crippen molar-refractivity contribution in [3.05, 3.63) is 65.5 Å². The highest BCUT2D eigenvalue weighted by molar-refractivity contribution is 5.33. The van der Waals surface area contributed by atoms with Crippen molar-refractivity contribution in [2.24, 2.45) is 5.73 Å². The molecule has 0 aliphatic carbocycles. The molecule has 3 heterocycles. The number of rotatable bonds is 3. The summed E-state index contributed by atoms with van der Waals surface area (Å²) in [6.45, 7) is 1.27. The van der Waals surface area contributed by atoms with E-state index in [0.29, 0.717) is 6.04 Å². The molecule has 2 aliphatic heterocycles. The van der Waals surface area contributed by atoms with Crippen LogP contribution in [0.2, 0.25) is 0 Å². The molecule has 23 heavy (non-hydrogen) atoms. The van der Waals surface area contributed by atoms with E-state index in [1.807, 2.05) is 12.1 Å². The summed E-state index contributed by atoms with van der Waals surface area (Å²) in [5, 5.41) is 0. The molecule has 1 aromatic carbocycles. The van der Waals surface area contributed by atoms with Gasteiger partial charge in [0.15, 0.2) is 0 Å². The van der Waals surface area contributed by atoms with Crippen LogP contribution in [0.5, 0.6) is 0 Å². The summed E-state index contributed by atoms with van der Waals surface area (Å²) in [5.74, 6) is 0. The highest BCUT2D eigenvalue weighted by atomic mass is 15.2. The van der Waals surface area contributed by atoms with Gasteiger partial charge in [0.1, 0.15) is 0 Å². The van der Waals surface area contributed by atoms with Crippen LogP contribution in [-0.2, 0) is 0 Å². The van der Waals surface area contributed by atoms with Crippen molar-refractivity contribution in [3.8, 4) is 0 Å². The molecule has 120 valence electrons. The van der Waals surface area contributed by atoms with Gasteiger partial charge in [0, 0.05) is 24.5 Å². The Kier molecular flexibility index (Phi) is 4.15. The molecule has 2 aromatic rings. The Balaban J connectivity index is 1.52. The molecule has 2 aliphatic rings. The van der Waals surface area contributed by atoms with Gasteiger partial charge in [0.25, 0.3) is 0 Å². The number of pyridine rings is 1. The average molecular weight is 307 g/mol. The molecule has 3 heteroatoms. The highest BCUT2D eigenvalue weighted by Gasteiger charge is 2.35. The van der Waals surface area contributed by atoms with E-state index in [0.717, 1.165) is 11.6 Å². The molecular weight excluding hydrogens is 282 g/mol. The van der Waals surface area contributed by atoms with Crippen molar-refractivity contribution in [3.63, 3.8) is 0 Å². The summed E-state index contributed by atoms with van der Waals surface area (Å²) < 4.78 is 0. The first-order valence-corrected chi connectivity index (χ1v) is 8.84. The first-order valence-electron chi connectivity index (χ1n) is 8.84. The Morgan fingerprint density at radius 3 is 2.43 bits per heavy atom. The Morgan fingerprint density at radius 2 is 1.65 bits per heavy atom. The molecule has 2 fully saturated rings. The van der Waals surface area contributed by atoms with Crippen LogP contribution in [0.4, 0.5) is 0 Å². The van der Waals surface area contributed by atoms with Gasteiger partial charge in [0.05, 0.1) is 6.04 Å². The molecule has 0 saturated carbocycles. The summed E-state index contributed by atoms with van der Waals surface area (Å²) in [6, 6.07) is 14.4. The number of hydrogen-bond acceptors (Lipinski definition) is 3.